The molecule has 0 bridgehead atoms. The molecule has 2 aromatic rings. The normalized spacial score (nSPS) is 12.6. The summed E-state index contributed by atoms with van der Waals surface area (Å²) in [7, 11) is 0. The highest BCUT2D eigenvalue weighted by atomic mass is 35.5. The lowest BCUT2D eigenvalue weighted by Gasteiger charge is -2.17. The summed E-state index contributed by atoms with van der Waals surface area (Å²) >= 11 is 7.77. The second-order valence-corrected chi connectivity index (χ2v) is 5.59. The third kappa shape index (κ3) is 3.33. The molecule has 0 spiro atoms. The first-order valence-corrected chi connectivity index (χ1v) is 7.26. The minimum atomic E-state index is 0.167. The highest BCUT2D eigenvalue weighted by molar-refractivity contribution is 7.07. The fourth-order valence-corrected chi connectivity index (χ4v) is 2.80. The van der Waals surface area contributed by atoms with Crippen LogP contribution in [0.4, 0.5) is 0 Å². The Balaban J connectivity index is 2.05. The van der Waals surface area contributed by atoms with Gasteiger partial charge in [0.05, 0.1) is 0 Å². The van der Waals surface area contributed by atoms with Gasteiger partial charge in [0.15, 0.2) is 0 Å². The summed E-state index contributed by atoms with van der Waals surface area (Å²) < 4.78 is 0. The van der Waals surface area contributed by atoms with Gasteiger partial charge in [0.2, 0.25) is 0 Å². The van der Waals surface area contributed by atoms with Crippen LogP contribution >= 0.6 is 22.9 Å². The highest BCUT2D eigenvalue weighted by Gasteiger charge is 2.11. The molecule has 96 valence electrons. The molecule has 1 atom stereocenters. The van der Waals surface area contributed by atoms with Crippen LogP contribution in [0.2, 0.25) is 5.02 Å². The predicted octanol–water partition coefficient (Wildman–Crippen LogP) is 3.85. The van der Waals surface area contributed by atoms with Crippen molar-refractivity contribution >= 4 is 22.9 Å². The third-order valence-corrected chi connectivity index (χ3v) is 4.24. The maximum Gasteiger partial charge on any atom is 0.0463 e. The van der Waals surface area contributed by atoms with Gasteiger partial charge in [-0.25, -0.2) is 0 Å². The SMILES string of the molecule is Cc1cc(C(CCc2ccsc2)NN)ccc1Cl. The Kier molecular flexibility index (Phi) is 4.78. The van der Waals surface area contributed by atoms with Crippen LogP contribution in [0.1, 0.15) is 29.2 Å². The summed E-state index contributed by atoms with van der Waals surface area (Å²) in [6, 6.07) is 8.39. The van der Waals surface area contributed by atoms with Crippen molar-refractivity contribution in [3.8, 4) is 0 Å². The lowest BCUT2D eigenvalue weighted by Crippen LogP contribution is -2.28. The second-order valence-electron chi connectivity index (χ2n) is 4.40. The molecular weight excluding hydrogens is 264 g/mol. The summed E-state index contributed by atoms with van der Waals surface area (Å²) in [4.78, 5) is 0. The molecule has 1 heterocycles. The quantitative estimate of drug-likeness (QED) is 0.645. The number of thiophene rings is 1. The molecule has 0 fully saturated rings. The molecule has 18 heavy (non-hydrogen) atoms. The molecule has 0 saturated carbocycles. The zero-order valence-electron chi connectivity index (χ0n) is 10.3. The Bertz CT molecular complexity index is 497. The van der Waals surface area contributed by atoms with Crippen LogP contribution in [-0.4, -0.2) is 0 Å². The fourth-order valence-electron chi connectivity index (χ4n) is 1.98. The van der Waals surface area contributed by atoms with Gasteiger partial charge in [-0.15, -0.1) is 0 Å². The highest BCUT2D eigenvalue weighted by Crippen LogP contribution is 2.24. The molecule has 0 aliphatic heterocycles. The van der Waals surface area contributed by atoms with E-state index in [4.69, 9.17) is 17.4 Å². The average Bonchev–Trinajstić information content (AvgIpc) is 2.87. The molecule has 1 unspecified atom stereocenters. The van der Waals surface area contributed by atoms with E-state index in [0.717, 1.165) is 23.4 Å². The molecular formula is C14H17ClN2S. The van der Waals surface area contributed by atoms with E-state index < -0.39 is 0 Å². The standard InChI is InChI=1S/C14H17ClN2S/c1-10-8-12(3-4-13(10)15)14(17-16)5-2-11-6-7-18-9-11/h3-4,6-9,14,17H,2,5,16H2,1H3. The molecule has 4 heteroatoms. The Morgan fingerprint density at radius 3 is 2.83 bits per heavy atom. The Morgan fingerprint density at radius 1 is 1.39 bits per heavy atom. The van der Waals surface area contributed by atoms with Crippen molar-refractivity contribution < 1.29 is 0 Å². The van der Waals surface area contributed by atoms with Gasteiger partial charge in [0.25, 0.3) is 0 Å². The van der Waals surface area contributed by atoms with E-state index >= 15 is 0 Å². The molecule has 1 aromatic heterocycles. The zero-order valence-corrected chi connectivity index (χ0v) is 11.9. The maximum atomic E-state index is 6.04. The predicted molar refractivity (Wildman–Crippen MR) is 78.9 cm³/mol. The zero-order chi connectivity index (χ0) is 13.0. The van der Waals surface area contributed by atoms with Crippen molar-refractivity contribution in [2.75, 3.05) is 0 Å². The Hall–Kier alpha value is -0.870. The van der Waals surface area contributed by atoms with Crippen LogP contribution < -0.4 is 11.3 Å². The maximum absolute atomic E-state index is 6.04. The van der Waals surface area contributed by atoms with Gasteiger partial charge in [0.1, 0.15) is 0 Å². The van der Waals surface area contributed by atoms with E-state index in [1.165, 1.54) is 11.1 Å². The molecule has 1 aromatic carbocycles. The van der Waals surface area contributed by atoms with E-state index in [1.807, 2.05) is 19.1 Å². The van der Waals surface area contributed by atoms with E-state index in [0.29, 0.717) is 0 Å². The van der Waals surface area contributed by atoms with Crippen molar-refractivity contribution in [1.82, 2.24) is 5.43 Å². The van der Waals surface area contributed by atoms with Gasteiger partial charge in [-0.05, 0) is 59.3 Å². The molecule has 0 aliphatic carbocycles. The molecule has 3 N–H and O–H groups in total. The van der Waals surface area contributed by atoms with Gasteiger partial charge in [-0.2, -0.15) is 11.3 Å². The number of hydrogen-bond donors (Lipinski definition) is 2. The topological polar surface area (TPSA) is 38.0 Å². The van der Waals surface area contributed by atoms with Gasteiger partial charge in [-0.3, -0.25) is 11.3 Å². The molecule has 2 nitrogen and oxygen atoms in total. The largest absolute Gasteiger partial charge is 0.271 e. The van der Waals surface area contributed by atoms with E-state index in [-0.39, 0.29) is 6.04 Å². The molecule has 0 amide bonds. The third-order valence-electron chi connectivity index (χ3n) is 3.09. The van der Waals surface area contributed by atoms with Crippen molar-refractivity contribution in [3.63, 3.8) is 0 Å². The first kappa shape index (κ1) is 13.6. The monoisotopic (exact) mass is 280 g/mol. The number of benzene rings is 1. The van der Waals surface area contributed by atoms with Gasteiger partial charge in [0, 0.05) is 11.1 Å². The summed E-state index contributed by atoms with van der Waals surface area (Å²) in [5, 5.41) is 5.08. The Morgan fingerprint density at radius 2 is 2.22 bits per heavy atom. The lowest BCUT2D eigenvalue weighted by atomic mass is 9.99. The molecule has 2 rings (SSSR count). The number of rotatable bonds is 5. The molecule has 0 radical (unpaired) electrons. The fraction of sp³-hybridized carbons (Fsp3) is 0.286. The lowest BCUT2D eigenvalue weighted by molar-refractivity contribution is 0.516. The Labute approximate surface area is 117 Å². The minimum absolute atomic E-state index is 0.167. The number of aryl methyl sites for hydroxylation is 2. The van der Waals surface area contributed by atoms with Gasteiger partial charge < -0.3 is 0 Å². The van der Waals surface area contributed by atoms with Crippen LogP contribution in [-0.2, 0) is 6.42 Å². The first-order valence-electron chi connectivity index (χ1n) is 5.94. The van der Waals surface area contributed by atoms with Gasteiger partial charge in [-0.1, -0.05) is 23.7 Å². The van der Waals surface area contributed by atoms with E-state index in [9.17, 15) is 0 Å². The van der Waals surface area contributed by atoms with Crippen LogP contribution in [0, 0.1) is 6.92 Å². The number of nitrogens with one attached hydrogen (secondary N) is 1. The number of hydrazine groups is 1. The van der Waals surface area contributed by atoms with Gasteiger partial charge >= 0.3 is 0 Å². The van der Waals surface area contributed by atoms with Crippen molar-refractivity contribution in [3.05, 3.63) is 56.7 Å². The van der Waals surface area contributed by atoms with Crippen molar-refractivity contribution in [2.24, 2.45) is 5.84 Å². The summed E-state index contributed by atoms with van der Waals surface area (Å²) in [6.07, 6.45) is 2.01. The van der Waals surface area contributed by atoms with Crippen LogP contribution in [0.15, 0.2) is 35.0 Å². The summed E-state index contributed by atoms with van der Waals surface area (Å²) in [5.74, 6) is 5.65. The first-order chi connectivity index (χ1) is 8.70. The van der Waals surface area contributed by atoms with Crippen LogP contribution in [0.3, 0.4) is 0 Å². The van der Waals surface area contributed by atoms with E-state index in [1.54, 1.807) is 11.3 Å². The van der Waals surface area contributed by atoms with Crippen LogP contribution in [0.5, 0.6) is 0 Å². The summed E-state index contributed by atoms with van der Waals surface area (Å²) in [6.45, 7) is 2.01. The minimum Gasteiger partial charge on any atom is -0.271 e. The van der Waals surface area contributed by atoms with Crippen molar-refractivity contribution in [2.45, 2.75) is 25.8 Å². The van der Waals surface area contributed by atoms with Crippen LogP contribution in [0.25, 0.3) is 0 Å². The molecule has 0 aliphatic rings. The second kappa shape index (κ2) is 6.34. The van der Waals surface area contributed by atoms with E-state index in [2.05, 4.69) is 28.3 Å². The number of hydrogen-bond acceptors (Lipinski definition) is 3. The average molecular weight is 281 g/mol. The number of halogens is 1. The number of nitrogens with two attached hydrogens (primary N) is 1. The smallest absolute Gasteiger partial charge is 0.0463 e. The van der Waals surface area contributed by atoms with Crippen molar-refractivity contribution in [1.29, 1.82) is 0 Å². The summed E-state index contributed by atoms with van der Waals surface area (Å²) in [5.41, 5.74) is 6.53. The molecule has 0 saturated heterocycles.